The molecular weight excluding hydrogens is 410 g/mol. The Morgan fingerprint density at radius 3 is 2.55 bits per heavy atom. The van der Waals surface area contributed by atoms with Gasteiger partial charge >= 0.3 is 0 Å². The third kappa shape index (κ3) is 4.67. The van der Waals surface area contributed by atoms with Crippen molar-refractivity contribution in [1.29, 1.82) is 0 Å². The normalized spacial score (nSPS) is 15.7. The number of hydrogen-bond donors (Lipinski definition) is 1. The summed E-state index contributed by atoms with van der Waals surface area (Å²) in [5, 5.41) is 3.44. The summed E-state index contributed by atoms with van der Waals surface area (Å²) in [7, 11) is 1.70. The van der Waals surface area contributed by atoms with Gasteiger partial charge in [0.15, 0.2) is 0 Å². The summed E-state index contributed by atoms with van der Waals surface area (Å²) in [6.45, 7) is 0. The van der Waals surface area contributed by atoms with Gasteiger partial charge in [-0.1, -0.05) is 72.3 Å². The van der Waals surface area contributed by atoms with Crippen LogP contribution in [-0.2, 0) is 16.0 Å². The molecule has 1 N–H and O–H groups in total. The van der Waals surface area contributed by atoms with Crippen molar-refractivity contribution in [1.82, 2.24) is 5.32 Å². The van der Waals surface area contributed by atoms with Gasteiger partial charge in [0.25, 0.3) is 5.91 Å². The van der Waals surface area contributed by atoms with Gasteiger partial charge in [-0.25, -0.2) is 4.99 Å². The fourth-order valence-electron chi connectivity index (χ4n) is 3.62. The highest BCUT2D eigenvalue weighted by atomic mass is 35.5. The quantitative estimate of drug-likeness (QED) is 0.657. The van der Waals surface area contributed by atoms with Gasteiger partial charge in [0.2, 0.25) is 12.1 Å². The van der Waals surface area contributed by atoms with E-state index in [2.05, 4.69) is 5.32 Å². The zero-order valence-electron chi connectivity index (χ0n) is 17.1. The van der Waals surface area contributed by atoms with E-state index in [1.807, 2.05) is 72.8 Å². The van der Waals surface area contributed by atoms with Crippen molar-refractivity contribution in [3.05, 3.63) is 101 Å². The summed E-state index contributed by atoms with van der Waals surface area (Å²) < 4.78 is 0. The van der Waals surface area contributed by atoms with E-state index in [0.29, 0.717) is 17.2 Å². The molecule has 3 aromatic rings. The topological polar surface area (TPSA) is 61.8 Å². The number of amides is 2. The molecule has 6 heteroatoms. The van der Waals surface area contributed by atoms with Crippen LogP contribution >= 0.6 is 11.6 Å². The Morgan fingerprint density at radius 2 is 1.77 bits per heavy atom. The highest BCUT2D eigenvalue weighted by molar-refractivity contribution is 6.30. The first-order valence-electron chi connectivity index (χ1n) is 10.1. The van der Waals surface area contributed by atoms with Gasteiger partial charge in [-0.2, -0.15) is 0 Å². The van der Waals surface area contributed by atoms with Gasteiger partial charge in [0, 0.05) is 29.6 Å². The highest BCUT2D eigenvalue weighted by Gasteiger charge is 2.30. The monoisotopic (exact) mass is 431 g/mol. The first-order chi connectivity index (χ1) is 15.0. The predicted octanol–water partition coefficient (Wildman–Crippen LogP) is 4.23. The number of benzene rings is 3. The van der Waals surface area contributed by atoms with E-state index in [1.54, 1.807) is 18.0 Å². The van der Waals surface area contributed by atoms with Crippen LogP contribution in [0, 0.1) is 0 Å². The van der Waals surface area contributed by atoms with E-state index < -0.39 is 6.17 Å². The number of anilines is 1. The Balaban J connectivity index is 1.61. The minimum Gasteiger partial charge on any atom is -0.327 e. The molecule has 0 bridgehead atoms. The van der Waals surface area contributed by atoms with Crippen LogP contribution in [-0.4, -0.2) is 30.7 Å². The third-order valence-electron chi connectivity index (χ3n) is 5.22. The van der Waals surface area contributed by atoms with Crippen LogP contribution in [0.1, 0.15) is 23.1 Å². The maximum absolute atomic E-state index is 13.1. The molecule has 0 saturated carbocycles. The van der Waals surface area contributed by atoms with Gasteiger partial charge in [0.1, 0.15) is 0 Å². The number of para-hydroxylation sites is 1. The maximum Gasteiger partial charge on any atom is 0.272 e. The molecular formula is C25H22ClN3O2. The number of nitrogens with zero attached hydrogens (tertiary/aromatic N) is 2. The van der Waals surface area contributed by atoms with Crippen LogP contribution < -0.4 is 10.2 Å². The molecule has 1 aliphatic heterocycles. The molecule has 1 aliphatic rings. The number of hydrogen-bond acceptors (Lipinski definition) is 3. The number of halogens is 1. The molecule has 0 spiro atoms. The van der Waals surface area contributed by atoms with Gasteiger partial charge in [0.05, 0.1) is 11.4 Å². The highest BCUT2D eigenvalue weighted by Crippen LogP contribution is 2.27. The fourth-order valence-corrected chi connectivity index (χ4v) is 3.83. The van der Waals surface area contributed by atoms with Crippen molar-refractivity contribution < 1.29 is 9.59 Å². The van der Waals surface area contributed by atoms with Gasteiger partial charge in [-0.3, -0.25) is 9.59 Å². The van der Waals surface area contributed by atoms with Crippen molar-refractivity contribution >= 4 is 34.8 Å². The van der Waals surface area contributed by atoms with E-state index >= 15 is 0 Å². The van der Waals surface area contributed by atoms with Crippen molar-refractivity contribution in [2.45, 2.75) is 19.0 Å². The number of aryl methyl sites for hydroxylation is 1. The Kier molecular flexibility index (Phi) is 6.14. The van der Waals surface area contributed by atoms with Crippen LogP contribution in [0.3, 0.4) is 0 Å². The summed E-state index contributed by atoms with van der Waals surface area (Å²) >= 11 is 6.02. The lowest BCUT2D eigenvalue weighted by Crippen LogP contribution is -2.46. The molecule has 2 amide bonds. The van der Waals surface area contributed by atoms with E-state index in [0.717, 1.165) is 22.4 Å². The van der Waals surface area contributed by atoms with Crippen LogP contribution in [0.15, 0.2) is 83.9 Å². The second-order valence-corrected chi connectivity index (χ2v) is 7.79. The van der Waals surface area contributed by atoms with Crippen LogP contribution in [0.5, 0.6) is 0 Å². The van der Waals surface area contributed by atoms with E-state index in [-0.39, 0.29) is 18.2 Å². The summed E-state index contributed by atoms with van der Waals surface area (Å²) in [6, 6.07) is 24.7. The zero-order chi connectivity index (χ0) is 21.8. The Hall–Kier alpha value is -3.44. The predicted molar refractivity (Wildman–Crippen MR) is 124 cm³/mol. The summed E-state index contributed by atoms with van der Waals surface area (Å²) in [5.41, 5.74) is 4.13. The molecule has 4 rings (SSSR count). The standard InChI is InChI=1S/C25H22ClN3O2/c1-29-21-13-6-5-12-20(21)23(18-9-3-2-4-10-18)28-24(25(29)31)27-22(30)15-14-17-8-7-11-19(26)16-17/h2-13,16,24H,14-15H2,1H3,(H,27,30). The van der Waals surface area contributed by atoms with Crippen molar-refractivity contribution in [2.75, 3.05) is 11.9 Å². The van der Waals surface area contributed by atoms with Crippen molar-refractivity contribution in [3.8, 4) is 0 Å². The Morgan fingerprint density at radius 1 is 1.03 bits per heavy atom. The molecule has 0 saturated heterocycles. The molecule has 1 unspecified atom stereocenters. The summed E-state index contributed by atoms with van der Waals surface area (Å²) in [6.07, 6.45) is -0.241. The lowest BCUT2D eigenvalue weighted by Gasteiger charge is -2.20. The number of likely N-dealkylation sites (N-methyl/N-ethyl adjacent to an activating group) is 1. The third-order valence-corrected chi connectivity index (χ3v) is 5.45. The number of fused-ring (bicyclic) bond motifs is 1. The first-order valence-corrected chi connectivity index (χ1v) is 10.4. The van der Waals surface area contributed by atoms with Crippen LogP contribution in [0.2, 0.25) is 5.02 Å². The molecule has 5 nitrogen and oxygen atoms in total. The molecule has 0 aliphatic carbocycles. The van der Waals surface area contributed by atoms with Gasteiger partial charge in [-0.15, -0.1) is 0 Å². The number of rotatable bonds is 5. The number of benzodiazepines with no additional fused rings is 1. The second kappa shape index (κ2) is 9.14. The molecule has 156 valence electrons. The van der Waals surface area contributed by atoms with Gasteiger partial charge in [-0.05, 0) is 30.2 Å². The zero-order valence-corrected chi connectivity index (χ0v) is 17.8. The number of aliphatic imine (C=N–C) groups is 1. The first kappa shape index (κ1) is 20.8. The van der Waals surface area contributed by atoms with E-state index in [9.17, 15) is 9.59 Å². The fraction of sp³-hybridized carbons (Fsp3) is 0.160. The minimum absolute atomic E-state index is 0.233. The SMILES string of the molecule is CN1C(=O)C(NC(=O)CCc2cccc(Cl)c2)N=C(c2ccccc2)c2ccccc21. The van der Waals surface area contributed by atoms with Gasteiger partial charge < -0.3 is 10.2 Å². The summed E-state index contributed by atoms with van der Waals surface area (Å²) in [4.78, 5) is 32.0. The summed E-state index contributed by atoms with van der Waals surface area (Å²) in [5.74, 6) is -0.525. The average molecular weight is 432 g/mol. The maximum atomic E-state index is 13.1. The Labute approximate surface area is 186 Å². The number of carbonyl (C=O) groups is 2. The molecule has 1 heterocycles. The molecule has 0 radical (unpaired) electrons. The molecule has 0 fully saturated rings. The molecule has 3 aromatic carbocycles. The second-order valence-electron chi connectivity index (χ2n) is 7.36. The van der Waals surface area contributed by atoms with Crippen LogP contribution in [0.25, 0.3) is 0 Å². The largest absolute Gasteiger partial charge is 0.327 e. The molecule has 31 heavy (non-hydrogen) atoms. The van der Waals surface area contributed by atoms with Crippen molar-refractivity contribution in [3.63, 3.8) is 0 Å². The van der Waals surface area contributed by atoms with E-state index in [4.69, 9.17) is 16.6 Å². The molecule has 0 aromatic heterocycles. The van der Waals surface area contributed by atoms with Crippen LogP contribution in [0.4, 0.5) is 5.69 Å². The minimum atomic E-state index is -1.00. The smallest absolute Gasteiger partial charge is 0.272 e. The van der Waals surface area contributed by atoms with E-state index in [1.165, 1.54) is 0 Å². The number of nitrogens with one attached hydrogen (secondary N) is 1. The average Bonchev–Trinajstić information content (AvgIpc) is 2.89. The lowest BCUT2D eigenvalue weighted by molar-refractivity contribution is -0.127. The number of carbonyl (C=O) groups excluding carboxylic acids is 2. The lowest BCUT2D eigenvalue weighted by atomic mass is 10.0. The van der Waals surface area contributed by atoms with Crippen molar-refractivity contribution in [2.24, 2.45) is 4.99 Å². The molecule has 1 atom stereocenters. The Bertz CT molecular complexity index is 1140.